The molecule has 0 bridgehead atoms. The second-order valence-electron chi connectivity index (χ2n) is 8.91. The summed E-state index contributed by atoms with van der Waals surface area (Å²) in [5.74, 6) is -0.142. The van der Waals surface area contributed by atoms with Gasteiger partial charge in [-0.15, -0.1) is 0 Å². The van der Waals surface area contributed by atoms with E-state index >= 15 is 0 Å². The van der Waals surface area contributed by atoms with Crippen LogP contribution in [0.1, 0.15) is 37.8 Å². The molecule has 0 spiro atoms. The zero-order valence-corrected chi connectivity index (χ0v) is 21.0. The fraction of sp³-hybridized carbons (Fsp3) is 0.423. The van der Waals surface area contributed by atoms with Crippen molar-refractivity contribution >= 4 is 35.7 Å². The lowest BCUT2D eigenvalue weighted by Gasteiger charge is -2.47. The highest BCUT2D eigenvalue weighted by Crippen LogP contribution is 2.32. The van der Waals surface area contributed by atoms with Crippen molar-refractivity contribution in [2.24, 2.45) is 5.73 Å². The van der Waals surface area contributed by atoms with Crippen molar-refractivity contribution < 1.29 is 19.1 Å². The lowest BCUT2D eigenvalue weighted by molar-refractivity contribution is -0.138. The highest BCUT2D eigenvalue weighted by atomic mass is 35.5. The van der Waals surface area contributed by atoms with Crippen LogP contribution in [0.2, 0.25) is 5.02 Å². The summed E-state index contributed by atoms with van der Waals surface area (Å²) in [6, 6.07) is 14.2. The van der Waals surface area contributed by atoms with E-state index in [0.717, 1.165) is 24.0 Å². The first-order valence-corrected chi connectivity index (χ1v) is 12.2. The number of piperidine rings is 1. The molecule has 0 saturated carbocycles. The Morgan fingerprint density at radius 2 is 1.86 bits per heavy atom. The number of hydrogen-bond donors (Lipinski definition) is 2. The average molecular weight is 501 g/mol. The summed E-state index contributed by atoms with van der Waals surface area (Å²) in [5, 5.41) is 3.29. The molecule has 1 atom stereocenters. The van der Waals surface area contributed by atoms with Gasteiger partial charge in [-0.3, -0.25) is 14.9 Å². The molecule has 0 radical (unpaired) electrons. The Kier molecular flexibility index (Phi) is 9.12. The molecule has 188 valence electrons. The third-order valence-corrected chi connectivity index (χ3v) is 6.88. The van der Waals surface area contributed by atoms with Gasteiger partial charge in [-0.2, -0.15) is 0 Å². The van der Waals surface area contributed by atoms with Crippen LogP contribution in [0, 0.1) is 0 Å². The van der Waals surface area contributed by atoms with Gasteiger partial charge in [0, 0.05) is 30.3 Å². The summed E-state index contributed by atoms with van der Waals surface area (Å²) in [6.07, 6.45) is 1.94. The van der Waals surface area contributed by atoms with E-state index in [-0.39, 0.29) is 19.1 Å². The molecule has 9 heteroatoms. The van der Waals surface area contributed by atoms with E-state index < -0.39 is 17.7 Å². The molecule has 1 aliphatic heterocycles. The summed E-state index contributed by atoms with van der Waals surface area (Å²) >= 11 is 6.34. The smallest absolute Gasteiger partial charge is 0.411 e. The molecule has 2 aromatic carbocycles. The number of benzene rings is 2. The molecule has 8 nitrogen and oxygen atoms in total. The van der Waals surface area contributed by atoms with Crippen molar-refractivity contribution in [3.8, 4) is 0 Å². The van der Waals surface area contributed by atoms with E-state index in [4.69, 9.17) is 22.1 Å². The monoisotopic (exact) mass is 500 g/mol. The van der Waals surface area contributed by atoms with Crippen LogP contribution < -0.4 is 11.1 Å². The number of halogens is 1. The van der Waals surface area contributed by atoms with E-state index in [2.05, 4.69) is 12.2 Å². The van der Waals surface area contributed by atoms with E-state index in [1.165, 1.54) is 0 Å². The van der Waals surface area contributed by atoms with Crippen LogP contribution >= 0.6 is 11.6 Å². The lowest BCUT2D eigenvalue weighted by atomic mass is 9.86. The predicted octanol–water partition coefficient (Wildman–Crippen LogP) is 3.82. The molecule has 2 aromatic rings. The molecule has 1 aliphatic rings. The van der Waals surface area contributed by atoms with E-state index in [1.54, 1.807) is 22.8 Å². The minimum absolute atomic E-state index is 0.0186. The number of likely N-dealkylation sites (tertiary alicyclic amines) is 1. The fourth-order valence-electron chi connectivity index (χ4n) is 4.25. The Hall–Kier alpha value is -3.10. The second-order valence-corrected chi connectivity index (χ2v) is 9.32. The number of hydrogen-bond acceptors (Lipinski definition) is 5. The maximum Gasteiger partial charge on any atom is 0.411 e. The van der Waals surface area contributed by atoms with Gasteiger partial charge in [-0.25, -0.2) is 4.79 Å². The average Bonchev–Trinajstić information content (AvgIpc) is 2.87. The second kappa shape index (κ2) is 12.0. The molecule has 0 aromatic heterocycles. The molecule has 3 amide bonds. The molecule has 1 heterocycles. The summed E-state index contributed by atoms with van der Waals surface area (Å²) in [5.41, 5.74) is 7.56. The number of nitrogens with zero attached hydrogens (tertiary/aromatic N) is 2. The van der Waals surface area contributed by atoms with Gasteiger partial charge in [0.1, 0.15) is 6.61 Å². The van der Waals surface area contributed by atoms with Crippen molar-refractivity contribution in [1.82, 2.24) is 9.80 Å². The Bertz CT molecular complexity index is 1020. The van der Waals surface area contributed by atoms with E-state index in [0.29, 0.717) is 36.6 Å². The summed E-state index contributed by atoms with van der Waals surface area (Å²) in [4.78, 5) is 40.6. The Labute approximate surface area is 211 Å². The van der Waals surface area contributed by atoms with Crippen LogP contribution in [0.15, 0.2) is 48.5 Å². The fourth-order valence-corrected chi connectivity index (χ4v) is 4.45. The topological polar surface area (TPSA) is 105 Å². The number of nitrogens with two attached hydrogens (primary N) is 1. The molecular weight excluding hydrogens is 468 g/mol. The number of amides is 3. The van der Waals surface area contributed by atoms with Gasteiger partial charge in [0.05, 0.1) is 11.6 Å². The zero-order valence-electron chi connectivity index (χ0n) is 20.2. The van der Waals surface area contributed by atoms with Crippen LogP contribution in [-0.2, 0) is 27.3 Å². The molecule has 3 N–H and O–H groups in total. The van der Waals surface area contributed by atoms with Gasteiger partial charge < -0.3 is 20.3 Å². The van der Waals surface area contributed by atoms with Crippen LogP contribution in [0.3, 0.4) is 0 Å². The van der Waals surface area contributed by atoms with Crippen molar-refractivity contribution in [3.05, 3.63) is 64.7 Å². The van der Waals surface area contributed by atoms with E-state index in [9.17, 15) is 14.4 Å². The number of nitrogens with one attached hydrogen (secondary N) is 1. The summed E-state index contributed by atoms with van der Waals surface area (Å²) in [6.45, 7) is 4.75. The highest BCUT2D eigenvalue weighted by molar-refractivity contribution is 6.31. The first-order valence-electron chi connectivity index (χ1n) is 11.8. The number of carbonyl (C=O) groups excluding carboxylic acids is 3. The van der Waals surface area contributed by atoms with Gasteiger partial charge in [-0.05, 0) is 55.5 Å². The Balaban J connectivity index is 1.75. The molecular formula is C26H33ClN4O4. The Morgan fingerprint density at radius 3 is 2.43 bits per heavy atom. The highest BCUT2D eigenvalue weighted by Gasteiger charge is 2.42. The van der Waals surface area contributed by atoms with Crippen molar-refractivity contribution in [2.45, 2.75) is 51.2 Å². The number of aryl methyl sites for hydroxylation is 1. The lowest BCUT2D eigenvalue weighted by Crippen LogP contribution is -2.59. The largest absolute Gasteiger partial charge is 0.447 e. The van der Waals surface area contributed by atoms with Crippen molar-refractivity contribution in [1.29, 1.82) is 0 Å². The molecule has 3 rings (SSSR count). The molecule has 35 heavy (non-hydrogen) atoms. The van der Waals surface area contributed by atoms with Gasteiger partial charge in [0.15, 0.2) is 0 Å². The van der Waals surface area contributed by atoms with Crippen molar-refractivity contribution in [3.63, 3.8) is 0 Å². The maximum absolute atomic E-state index is 12.6. The minimum atomic E-state index is -0.793. The third kappa shape index (κ3) is 6.74. The number of carbonyl (C=O) groups is 3. The molecule has 0 unspecified atom stereocenters. The van der Waals surface area contributed by atoms with Gasteiger partial charge in [-0.1, -0.05) is 48.9 Å². The Morgan fingerprint density at radius 1 is 1.20 bits per heavy atom. The molecule has 1 saturated heterocycles. The van der Waals surface area contributed by atoms with Crippen LogP contribution in [-0.4, -0.2) is 59.5 Å². The maximum atomic E-state index is 12.6. The van der Waals surface area contributed by atoms with E-state index in [1.807, 2.05) is 42.5 Å². The quantitative estimate of drug-likeness (QED) is 0.509. The van der Waals surface area contributed by atoms with Crippen LogP contribution in [0.25, 0.3) is 0 Å². The predicted molar refractivity (Wildman–Crippen MR) is 136 cm³/mol. The molecule has 1 fully saturated rings. The first kappa shape index (κ1) is 26.5. The zero-order chi connectivity index (χ0) is 25.4. The van der Waals surface area contributed by atoms with Gasteiger partial charge >= 0.3 is 6.09 Å². The minimum Gasteiger partial charge on any atom is -0.447 e. The van der Waals surface area contributed by atoms with Crippen LogP contribution in [0.5, 0.6) is 0 Å². The summed E-state index contributed by atoms with van der Waals surface area (Å²) < 4.78 is 5.63. The standard InChI is InChI=1S/C26H33ClN4O4/c1-3-20-8-10-22(11-9-20)29-25(34)35-17-26(12-14-30(15-13-26)24(33)19(2)28)31(18-32)16-21-6-4-5-7-23(21)27/h4-11,18-19H,3,12-17,28H2,1-2H3,(H,29,34)/t19-/m0/s1. The van der Waals surface area contributed by atoms with Crippen LogP contribution in [0.4, 0.5) is 10.5 Å². The normalized spacial score (nSPS) is 15.7. The van der Waals surface area contributed by atoms with Gasteiger partial charge in [0.2, 0.25) is 12.3 Å². The molecule has 0 aliphatic carbocycles. The SMILES string of the molecule is CCc1ccc(NC(=O)OCC2(N(C=O)Cc3ccccc3Cl)CCN(C(=O)[C@H](C)N)CC2)cc1. The third-order valence-electron chi connectivity index (χ3n) is 6.51. The number of anilines is 1. The van der Waals surface area contributed by atoms with Gasteiger partial charge in [0.25, 0.3) is 0 Å². The number of rotatable bonds is 9. The number of ether oxygens (including phenoxy) is 1. The summed E-state index contributed by atoms with van der Waals surface area (Å²) in [7, 11) is 0. The van der Waals surface area contributed by atoms with Crippen molar-refractivity contribution in [2.75, 3.05) is 25.0 Å². The first-order chi connectivity index (χ1) is 16.8.